The number of nitrogens with one attached hydrogen (secondary N) is 1. The molecule has 1 heterocycles. The fraction of sp³-hybridized carbons (Fsp3) is 0.148. The smallest absolute Gasteiger partial charge is 0.335 e. The maximum Gasteiger partial charge on any atom is 0.335 e. The third kappa shape index (κ3) is 5.36. The molecule has 4 amide bonds. The number of benzene rings is 3. The molecule has 190 valence electrons. The first-order valence-electron chi connectivity index (χ1n) is 11.0. The summed E-state index contributed by atoms with van der Waals surface area (Å²) in [6.07, 6.45) is 1.35. The molecule has 0 aliphatic carbocycles. The number of rotatable bonds is 8. The number of hydrogen-bond donors (Lipinski definition) is 1. The Bertz CT molecular complexity index is 1360. The zero-order chi connectivity index (χ0) is 26.5. The highest BCUT2D eigenvalue weighted by atomic mass is 35.5. The van der Waals surface area contributed by atoms with Gasteiger partial charge in [-0.15, -0.1) is 0 Å². The Hall–Kier alpha value is -4.50. The molecule has 1 fully saturated rings. The van der Waals surface area contributed by atoms with Gasteiger partial charge in [-0.05, 0) is 54.1 Å². The van der Waals surface area contributed by atoms with E-state index < -0.39 is 17.8 Å². The number of nitrogens with zero attached hydrogens (tertiary/aromatic N) is 1. The molecular formula is C27H23ClN2O7. The molecule has 0 spiro atoms. The summed E-state index contributed by atoms with van der Waals surface area (Å²) in [5.41, 5.74) is 1.27. The molecule has 9 nitrogen and oxygen atoms in total. The third-order valence-electron chi connectivity index (χ3n) is 5.55. The van der Waals surface area contributed by atoms with Crippen molar-refractivity contribution in [2.75, 3.05) is 26.2 Å². The van der Waals surface area contributed by atoms with Crippen molar-refractivity contribution >= 4 is 41.2 Å². The summed E-state index contributed by atoms with van der Waals surface area (Å²) in [6.45, 7) is 0.248. The van der Waals surface area contributed by atoms with Gasteiger partial charge in [-0.1, -0.05) is 29.8 Å². The van der Waals surface area contributed by atoms with Gasteiger partial charge in [0.1, 0.15) is 17.9 Å². The normalized spacial score (nSPS) is 14.4. The molecule has 1 aliphatic heterocycles. The third-order valence-corrected chi connectivity index (χ3v) is 5.92. The van der Waals surface area contributed by atoms with E-state index in [1.54, 1.807) is 42.5 Å². The van der Waals surface area contributed by atoms with Crippen LogP contribution in [0.5, 0.6) is 23.0 Å². The van der Waals surface area contributed by atoms with Crippen LogP contribution >= 0.6 is 11.6 Å². The average molecular weight is 523 g/mol. The molecule has 0 aromatic heterocycles. The molecule has 3 aromatic rings. The predicted octanol–water partition coefficient (Wildman–Crippen LogP) is 4.61. The van der Waals surface area contributed by atoms with E-state index in [4.69, 9.17) is 30.5 Å². The summed E-state index contributed by atoms with van der Waals surface area (Å²) < 4.78 is 21.7. The summed E-state index contributed by atoms with van der Waals surface area (Å²) in [5.74, 6) is -0.0414. The van der Waals surface area contributed by atoms with E-state index >= 15 is 0 Å². The van der Waals surface area contributed by atoms with Gasteiger partial charge < -0.3 is 18.9 Å². The minimum atomic E-state index is -0.859. The first kappa shape index (κ1) is 25.6. The summed E-state index contributed by atoms with van der Waals surface area (Å²) in [5, 5.41) is 2.79. The van der Waals surface area contributed by atoms with Crippen molar-refractivity contribution in [1.29, 1.82) is 0 Å². The highest BCUT2D eigenvalue weighted by Crippen LogP contribution is 2.39. The lowest BCUT2D eigenvalue weighted by Gasteiger charge is -2.26. The van der Waals surface area contributed by atoms with E-state index in [1.807, 2.05) is 18.2 Å². The quantitative estimate of drug-likeness (QED) is 0.340. The minimum Gasteiger partial charge on any atom is -0.493 e. The SMILES string of the molecule is COc1cc(/C=C2\C(=O)NC(=O)N(c3ccc(OCc4ccccc4Cl)cc3)C2=O)cc(OC)c1OC. The van der Waals surface area contributed by atoms with Crippen molar-refractivity contribution in [3.8, 4) is 23.0 Å². The van der Waals surface area contributed by atoms with Gasteiger partial charge >= 0.3 is 6.03 Å². The average Bonchev–Trinajstić information content (AvgIpc) is 2.90. The molecule has 0 saturated carbocycles. The Morgan fingerprint density at radius 3 is 2.14 bits per heavy atom. The summed E-state index contributed by atoms with van der Waals surface area (Å²) >= 11 is 6.16. The Labute approximate surface area is 218 Å². The van der Waals surface area contributed by atoms with E-state index in [0.29, 0.717) is 33.6 Å². The molecule has 1 saturated heterocycles. The van der Waals surface area contributed by atoms with Gasteiger partial charge in [0, 0.05) is 10.6 Å². The topological polar surface area (TPSA) is 103 Å². The molecule has 1 N–H and O–H groups in total. The fourth-order valence-corrected chi connectivity index (χ4v) is 3.90. The number of hydrogen-bond acceptors (Lipinski definition) is 7. The first-order valence-corrected chi connectivity index (χ1v) is 11.4. The number of urea groups is 1. The highest BCUT2D eigenvalue weighted by molar-refractivity contribution is 6.39. The van der Waals surface area contributed by atoms with Gasteiger partial charge in [-0.25, -0.2) is 9.69 Å². The van der Waals surface area contributed by atoms with Crippen LogP contribution in [0.25, 0.3) is 6.08 Å². The van der Waals surface area contributed by atoms with Crippen molar-refractivity contribution in [2.24, 2.45) is 0 Å². The molecule has 4 rings (SSSR count). The van der Waals surface area contributed by atoms with Crippen LogP contribution in [0.1, 0.15) is 11.1 Å². The van der Waals surface area contributed by atoms with Gasteiger partial charge in [0.25, 0.3) is 11.8 Å². The van der Waals surface area contributed by atoms with Crippen LogP contribution in [0.3, 0.4) is 0 Å². The summed E-state index contributed by atoms with van der Waals surface area (Å²) in [6, 6.07) is 16.0. The van der Waals surface area contributed by atoms with E-state index in [-0.39, 0.29) is 17.9 Å². The Morgan fingerprint density at radius 2 is 1.54 bits per heavy atom. The molecule has 0 unspecified atom stereocenters. The largest absolute Gasteiger partial charge is 0.493 e. The number of barbiturate groups is 1. The number of anilines is 1. The van der Waals surface area contributed by atoms with E-state index in [9.17, 15) is 14.4 Å². The number of imide groups is 2. The number of carbonyl (C=O) groups is 3. The van der Waals surface area contributed by atoms with E-state index in [0.717, 1.165) is 10.5 Å². The van der Waals surface area contributed by atoms with Crippen molar-refractivity contribution in [2.45, 2.75) is 6.61 Å². The van der Waals surface area contributed by atoms with Crippen LogP contribution < -0.4 is 29.2 Å². The predicted molar refractivity (Wildman–Crippen MR) is 137 cm³/mol. The maximum absolute atomic E-state index is 13.3. The van der Waals surface area contributed by atoms with Crippen LogP contribution in [-0.4, -0.2) is 39.2 Å². The lowest BCUT2D eigenvalue weighted by molar-refractivity contribution is -0.122. The lowest BCUT2D eigenvalue weighted by Crippen LogP contribution is -2.54. The van der Waals surface area contributed by atoms with E-state index in [2.05, 4.69) is 5.32 Å². The molecular weight excluding hydrogens is 500 g/mol. The summed E-state index contributed by atoms with van der Waals surface area (Å²) in [7, 11) is 4.37. The maximum atomic E-state index is 13.3. The van der Waals surface area contributed by atoms with Crippen LogP contribution in [0.15, 0.2) is 66.2 Å². The van der Waals surface area contributed by atoms with Crippen molar-refractivity contribution in [3.63, 3.8) is 0 Å². The van der Waals surface area contributed by atoms with Gasteiger partial charge in [-0.3, -0.25) is 14.9 Å². The van der Waals surface area contributed by atoms with Gasteiger partial charge in [0.2, 0.25) is 5.75 Å². The number of amides is 4. The monoisotopic (exact) mass is 522 g/mol. The molecule has 0 radical (unpaired) electrons. The van der Waals surface area contributed by atoms with Gasteiger partial charge in [0.15, 0.2) is 11.5 Å². The first-order chi connectivity index (χ1) is 17.9. The number of methoxy groups -OCH3 is 3. The standard InChI is InChI=1S/C27H23ClN2O7/c1-34-22-13-16(14-23(35-2)24(22)36-3)12-20-25(31)29-27(33)30(26(20)32)18-8-10-19(11-9-18)37-15-17-6-4-5-7-21(17)28/h4-14H,15H2,1-3H3,(H,29,31,33)/b20-12+. The Morgan fingerprint density at radius 1 is 0.892 bits per heavy atom. The number of carbonyl (C=O) groups excluding carboxylic acids is 3. The second kappa shape index (κ2) is 11.0. The number of ether oxygens (including phenoxy) is 4. The molecule has 0 atom stereocenters. The zero-order valence-corrected chi connectivity index (χ0v) is 21.0. The molecule has 0 bridgehead atoms. The molecule has 1 aliphatic rings. The van der Waals surface area contributed by atoms with Crippen LogP contribution in [0.4, 0.5) is 10.5 Å². The molecule has 3 aromatic carbocycles. The highest BCUT2D eigenvalue weighted by Gasteiger charge is 2.37. The van der Waals surface area contributed by atoms with Crippen LogP contribution in [0.2, 0.25) is 5.02 Å². The Balaban J connectivity index is 1.59. The molecule has 37 heavy (non-hydrogen) atoms. The van der Waals surface area contributed by atoms with Crippen molar-refractivity contribution in [3.05, 3.63) is 82.4 Å². The second-order valence-electron chi connectivity index (χ2n) is 7.79. The lowest BCUT2D eigenvalue weighted by atomic mass is 10.1. The zero-order valence-electron chi connectivity index (χ0n) is 20.2. The van der Waals surface area contributed by atoms with Crippen LogP contribution in [0, 0.1) is 0 Å². The summed E-state index contributed by atoms with van der Waals surface area (Å²) in [4.78, 5) is 39.3. The fourth-order valence-electron chi connectivity index (χ4n) is 3.71. The number of halogens is 1. The van der Waals surface area contributed by atoms with Gasteiger partial charge in [0.05, 0.1) is 27.0 Å². The minimum absolute atomic E-state index is 0.243. The van der Waals surface area contributed by atoms with Crippen molar-refractivity contribution in [1.82, 2.24) is 5.32 Å². The van der Waals surface area contributed by atoms with E-state index in [1.165, 1.54) is 27.4 Å². The molecule has 10 heteroatoms. The van der Waals surface area contributed by atoms with Gasteiger partial charge in [-0.2, -0.15) is 0 Å². The Kier molecular flexibility index (Phi) is 7.64. The second-order valence-corrected chi connectivity index (χ2v) is 8.20. The van der Waals surface area contributed by atoms with Crippen LogP contribution in [-0.2, 0) is 16.2 Å². The van der Waals surface area contributed by atoms with Crippen molar-refractivity contribution < 1.29 is 33.3 Å².